The molecule has 3 rings (SSSR count). The van der Waals surface area contributed by atoms with Crippen molar-refractivity contribution in [2.45, 2.75) is 59.0 Å². The molecule has 0 saturated carbocycles. The van der Waals surface area contributed by atoms with Gasteiger partial charge in [0.2, 0.25) is 5.91 Å². The molecule has 1 aromatic heterocycles. The summed E-state index contributed by atoms with van der Waals surface area (Å²) in [6.07, 6.45) is 8.20. The van der Waals surface area contributed by atoms with Crippen LogP contribution in [0.25, 0.3) is 0 Å². The number of hydrogen-bond acceptors (Lipinski definition) is 4. The van der Waals surface area contributed by atoms with Gasteiger partial charge in [-0.3, -0.25) is 14.7 Å². The minimum atomic E-state index is 0.128. The summed E-state index contributed by atoms with van der Waals surface area (Å²) in [5, 5.41) is 3.11. The van der Waals surface area contributed by atoms with Gasteiger partial charge in [-0.1, -0.05) is 26.8 Å². The van der Waals surface area contributed by atoms with E-state index in [-0.39, 0.29) is 11.8 Å². The molecule has 0 bridgehead atoms. The molecule has 2 saturated heterocycles. The van der Waals surface area contributed by atoms with Crippen molar-refractivity contribution >= 4 is 5.91 Å². The zero-order chi connectivity index (χ0) is 19.3. The van der Waals surface area contributed by atoms with E-state index in [1.165, 1.54) is 32.5 Å². The Morgan fingerprint density at radius 2 is 2.00 bits per heavy atom. The SMILES string of the molecule is CC(C)(C)CN1CCC(N2CCC[C@@H](C(=O)NCc3cccnc3)C2)CC1. The summed E-state index contributed by atoms with van der Waals surface area (Å²) in [4.78, 5) is 22.0. The fourth-order valence-electron chi connectivity index (χ4n) is 4.50. The van der Waals surface area contributed by atoms with Crippen molar-refractivity contribution in [1.82, 2.24) is 20.1 Å². The van der Waals surface area contributed by atoms with Gasteiger partial charge in [-0.25, -0.2) is 0 Å². The van der Waals surface area contributed by atoms with E-state index >= 15 is 0 Å². The predicted molar refractivity (Wildman–Crippen MR) is 109 cm³/mol. The maximum Gasteiger partial charge on any atom is 0.224 e. The number of aromatic nitrogens is 1. The Morgan fingerprint density at radius 3 is 2.67 bits per heavy atom. The molecular weight excluding hydrogens is 336 g/mol. The summed E-state index contributed by atoms with van der Waals surface area (Å²) >= 11 is 0. The van der Waals surface area contributed by atoms with Crippen LogP contribution >= 0.6 is 0 Å². The van der Waals surface area contributed by atoms with Crippen LogP contribution in [0.5, 0.6) is 0 Å². The number of nitrogens with zero attached hydrogens (tertiary/aromatic N) is 3. The highest BCUT2D eigenvalue weighted by molar-refractivity contribution is 5.78. The number of likely N-dealkylation sites (tertiary alicyclic amines) is 2. The summed E-state index contributed by atoms with van der Waals surface area (Å²) < 4.78 is 0. The average molecular weight is 373 g/mol. The van der Waals surface area contributed by atoms with Crippen LogP contribution < -0.4 is 5.32 Å². The first kappa shape index (κ1) is 20.3. The second kappa shape index (κ2) is 9.16. The molecule has 0 aliphatic carbocycles. The molecule has 0 radical (unpaired) electrons. The van der Waals surface area contributed by atoms with Crippen molar-refractivity contribution in [1.29, 1.82) is 0 Å². The minimum Gasteiger partial charge on any atom is -0.352 e. The molecule has 5 nitrogen and oxygen atoms in total. The lowest BCUT2D eigenvalue weighted by atomic mass is 9.91. The molecule has 3 heterocycles. The molecule has 1 amide bonds. The van der Waals surface area contributed by atoms with Crippen molar-refractivity contribution < 1.29 is 4.79 Å². The Morgan fingerprint density at radius 1 is 1.22 bits per heavy atom. The van der Waals surface area contributed by atoms with E-state index in [0.717, 1.165) is 31.5 Å². The van der Waals surface area contributed by atoms with E-state index in [2.05, 4.69) is 40.9 Å². The van der Waals surface area contributed by atoms with E-state index in [4.69, 9.17) is 0 Å². The summed E-state index contributed by atoms with van der Waals surface area (Å²) in [7, 11) is 0. The molecule has 0 unspecified atom stereocenters. The Labute approximate surface area is 164 Å². The van der Waals surface area contributed by atoms with Crippen molar-refractivity contribution in [2.75, 3.05) is 32.7 Å². The third-order valence-electron chi connectivity index (χ3n) is 5.78. The molecule has 2 fully saturated rings. The molecule has 150 valence electrons. The van der Waals surface area contributed by atoms with Gasteiger partial charge >= 0.3 is 0 Å². The van der Waals surface area contributed by atoms with E-state index in [1.807, 2.05) is 18.3 Å². The molecular formula is C22H36N4O. The highest BCUT2D eigenvalue weighted by atomic mass is 16.1. The predicted octanol–water partition coefficient (Wildman–Crippen LogP) is 2.92. The van der Waals surface area contributed by atoms with Crippen LogP contribution in [0.4, 0.5) is 0 Å². The highest BCUT2D eigenvalue weighted by Crippen LogP contribution is 2.25. The monoisotopic (exact) mass is 372 g/mol. The van der Waals surface area contributed by atoms with E-state index in [0.29, 0.717) is 18.0 Å². The van der Waals surface area contributed by atoms with Gasteiger partial charge in [0, 0.05) is 38.1 Å². The molecule has 2 aliphatic rings. The average Bonchev–Trinajstić information content (AvgIpc) is 2.66. The third kappa shape index (κ3) is 6.28. The number of piperidine rings is 2. The Balaban J connectivity index is 1.44. The maximum atomic E-state index is 12.6. The Hall–Kier alpha value is -1.46. The molecule has 27 heavy (non-hydrogen) atoms. The van der Waals surface area contributed by atoms with Gasteiger partial charge in [-0.05, 0) is 62.4 Å². The summed E-state index contributed by atoms with van der Waals surface area (Å²) in [6.45, 7) is 13.2. The zero-order valence-corrected chi connectivity index (χ0v) is 17.3. The number of carbonyl (C=O) groups is 1. The van der Waals surface area contributed by atoms with Crippen LogP contribution in [0.2, 0.25) is 0 Å². The normalized spacial score (nSPS) is 23.3. The highest BCUT2D eigenvalue weighted by Gasteiger charge is 2.32. The zero-order valence-electron chi connectivity index (χ0n) is 17.3. The van der Waals surface area contributed by atoms with E-state index in [1.54, 1.807) is 6.20 Å². The molecule has 5 heteroatoms. The van der Waals surface area contributed by atoms with E-state index < -0.39 is 0 Å². The largest absolute Gasteiger partial charge is 0.352 e. The van der Waals surface area contributed by atoms with Crippen LogP contribution in [-0.2, 0) is 11.3 Å². The van der Waals surface area contributed by atoms with Crippen LogP contribution in [0.3, 0.4) is 0 Å². The van der Waals surface area contributed by atoms with E-state index in [9.17, 15) is 4.79 Å². The van der Waals surface area contributed by atoms with Crippen LogP contribution in [0.1, 0.15) is 52.0 Å². The van der Waals surface area contributed by atoms with Gasteiger partial charge in [-0.2, -0.15) is 0 Å². The molecule has 0 spiro atoms. The summed E-state index contributed by atoms with van der Waals surface area (Å²) in [5.41, 5.74) is 1.43. The van der Waals surface area contributed by atoms with Gasteiger partial charge in [0.15, 0.2) is 0 Å². The summed E-state index contributed by atoms with van der Waals surface area (Å²) in [5.74, 6) is 0.330. The molecule has 1 N–H and O–H groups in total. The lowest BCUT2D eigenvalue weighted by molar-refractivity contribution is -0.127. The second-order valence-electron chi connectivity index (χ2n) is 9.48. The molecule has 2 aliphatic heterocycles. The number of hydrogen-bond donors (Lipinski definition) is 1. The first-order valence-electron chi connectivity index (χ1n) is 10.5. The van der Waals surface area contributed by atoms with Gasteiger partial charge in [0.05, 0.1) is 5.92 Å². The Kier molecular flexibility index (Phi) is 6.88. The second-order valence-corrected chi connectivity index (χ2v) is 9.48. The van der Waals surface area contributed by atoms with Gasteiger partial charge in [0.25, 0.3) is 0 Å². The fraction of sp³-hybridized carbons (Fsp3) is 0.727. The standard InChI is InChI=1S/C22H36N4O/c1-22(2,3)17-25-12-8-20(9-13-25)26-11-5-7-19(16-26)21(27)24-15-18-6-4-10-23-14-18/h4,6,10,14,19-20H,5,7-9,11-13,15-17H2,1-3H3,(H,24,27)/t19-/m1/s1. The number of amides is 1. The van der Waals surface area contributed by atoms with Gasteiger partial charge in [-0.15, -0.1) is 0 Å². The first-order valence-corrected chi connectivity index (χ1v) is 10.5. The van der Waals surface area contributed by atoms with Gasteiger partial charge < -0.3 is 10.2 Å². The quantitative estimate of drug-likeness (QED) is 0.863. The third-order valence-corrected chi connectivity index (χ3v) is 5.78. The molecule has 0 aromatic carbocycles. The summed E-state index contributed by atoms with van der Waals surface area (Å²) in [6, 6.07) is 4.57. The van der Waals surface area contributed by atoms with Crippen LogP contribution in [0, 0.1) is 11.3 Å². The smallest absolute Gasteiger partial charge is 0.224 e. The van der Waals surface area contributed by atoms with Crippen molar-refractivity contribution in [2.24, 2.45) is 11.3 Å². The minimum absolute atomic E-state index is 0.128. The lowest BCUT2D eigenvalue weighted by Gasteiger charge is -2.43. The fourth-order valence-corrected chi connectivity index (χ4v) is 4.50. The number of pyridine rings is 1. The number of nitrogens with one attached hydrogen (secondary N) is 1. The van der Waals surface area contributed by atoms with Crippen LogP contribution in [0.15, 0.2) is 24.5 Å². The van der Waals surface area contributed by atoms with Gasteiger partial charge in [0.1, 0.15) is 0 Å². The number of carbonyl (C=O) groups excluding carboxylic acids is 1. The maximum absolute atomic E-state index is 12.6. The Bertz CT molecular complexity index is 590. The number of rotatable bonds is 5. The van der Waals surface area contributed by atoms with Crippen molar-refractivity contribution in [3.05, 3.63) is 30.1 Å². The van der Waals surface area contributed by atoms with Crippen LogP contribution in [-0.4, -0.2) is 59.5 Å². The first-order chi connectivity index (χ1) is 12.9. The topological polar surface area (TPSA) is 48.5 Å². The van der Waals surface area contributed by atoms with Crippen molar-refractivity contribution in [3.8, 4) is 0 Å². The lowest BCUT2D eigenvalue weighted by Crippen LogP contribution is -2.51. The van der Waals surface area contributed by atoms with Crippen molar-refractivity contribution in [3.63, 3.8) is 0 Å². The molecule has 1 atom stereocenters. The molecule has 1 aromatic rings.